The molecule has 0 aliphatic rings. The Hall–Kier alpha value is -1.91. The second-order valence-electron chi connectivity index (χ2n) is 5.48. The molecule has 0 bridgehead atoms. The molecule has 2 aromatic carbocycles. The zero-order chi connectivity index (χ0) is 15.9. The van der Waals surface area contributed by atoms with E-state index in [0.717, 1.165) is 0 Å². The van der Waals surface area contributed by atoms with Crippen LogP contribution in [0.5, 0.6) is 5.75 Å². The van der Waals surface area contributed by atoms with Gasteiger partial charge in [0.2, 0.25) is 0 Å². The van der Waals surface area contributed by atoms with Gasteiger partial charge in [-0.3, -0.25) is 0 Å². The molecular weight excluding hydrogens is 281 g/mol. The fraction of sp³-hybridized carbons (Fsp3) is 0.333. The van der Waals surface area contributed by atoms with Crippen LogP contribution in [0.25, 0.3) is 0 Å². The SMILES string of the molecule is Cc1ccc(CNCC(O)COc2ccc(F)cc2)c(C)c1. The van der Waals surface area contributed by atoms with Gasteiger partial charge < -0.3 is 15.2 Å². The van der Waals surface area contributed by atoms with Crippen LogP contribution in [0, 0.1) is 19.7 Å². The lowest BCUT2D eigenvalue weighted by atomic mass is 10.1. The van der Waals surface area contributed by atoms with E-state index in [1.807, 2.05) is 0 Å². The van der Waals surface area contributed by atoms with Crippen LogP contribution >= 0.6 is 0 Å². The number of ether oxygens (including phenoxy) is 1. The average molecular weight is 303 g/mol. The van der Waals surface area contributed by atoms with Gasteiger partial charge in [0.25, 0.3) is 0 Å². The summed E-state index contributed by atoms with van der Waals surface area (Å²) in [5.41, 5.74) is 3.70. The third-order valence-electron chi connectivity index (χ3n) is 3.45. The summed E-state index contributed by atoms with van der Waals surface area (Å²) in [6.07, 6.45) is -0.615. The van der Waals surface area contributed by atoms with Crippen LogP contribution in [0.15, 0.2) is 42.5 Å². The molecule has 0 fully saturated rings. The van der Waals surface area contributed by atoms with Gasteiger partial charge in [0.1, 0.15) is 24.3 Å². The van der Waals surface area contributed by atoms with E-state index in [0.29, 0.717) is 18.8 Å². The van der Waals surface area contributed by atoms with Gasteiger partial charge in [0, 0.05) is 13.1 Å². The number of nitrogens with one attached hydrogen (secondary N) is 1. The van der Waals surface area contributed by atoms with Crippen LogP contribution < -0.4 is 10.1 Å². The first-order valence-electron chi connectivity index (χ1n) is 7.38. The number of benzene rings is 2. The van der Waals surface area contributed by atoms with Crippen LogP contribution in [-0.4, -0.2) is 24.4 Å². The predicted molar refractivity (Wildman–Crippen MR) is 85.5 cm³/mol. The second-order valence-corrected chi connectivity index (χ2v) is 5.48. The molecule has 0 aromatic heterocycles. The lowest BCUT2D eigenvalue weighted by Crippen LogP contribution is -2.31. The summed E-state index contributed by atoms with van der Waals surface area (Å²) in [5, 5.41) is 13.1. The lowest BCUT2D eigenvalue weighted by Gasteiger charge is -2.14. The summed E-state index contributed by atoms with van der Waals surface area (Å²) in [4.78, 5) is 0. The Bertz CT molecular complexity index is 599. The minimum Gasteiger partial charge on any atom is -0.491 e. The highest BCUT2D eigenvalue weighted by molar-refractivity contribution is 5.30. The van der Waals surface area contributed by atoms with Gasteiger partial charge >= 0.3 is 0 Å². The molecule has 0 aliphatic carbocycles. The van der Waals surface area contributed by atoms with Crippen LogP contribution in [0.4, 0.5) is 4.39 Å². The fourth-order valence-corrected chi connectivity index (χ4v) is 2.20. The van der Waals surface area contributed by atoms with Crippen molar-refractivity contribution in [2.45, 2.75) is 26.5 Å². The summed E-state index contributed by atoms with van der Waals surface area (Å²) in [7, 11) is 0. The van der Waals surface area contributed by atoms with Crippen molar-refractivity contribution in [1.82, 2.24) is 5.32 Å². The molecule has 2 aromatic rings. The molecule has 1 atom stereocenters. The maximum Gasteiger partial charge on any atom is 0.123 e. The van der Waals surface area contributed by atoms with Gasteiger partial charge in [0.15, 0.2) is 0 Å². The molecular formula is C18H22FNO2. The topological polar surface area (TPSA) is 41.5 Å². The van der Waals surface area contributed by atoms with E-state index in [9.17, 15) is 9.50 Å². The molecule has 0 spiro atoms. The molecule has 0 amide bonds. The van der Waals surface area contributed by atoms with Gasteiger partial charge in [-0.25, -0.2) is 4.39 Å². The van der Waals surface area contributed by atoms with E-state index in [2.05, 4.69) is 37.4 Å². The Kier molecular flexibility index (Phi) is 5.92. The highest BCUT2D eigenvalue weighted by Crippen LogP contribution is 2.12. The van der Waals surface area contributed by atoms with E-state index in [1.54, 1.807) is 12.1 Å². The molecule has 2 N–H and O–H groups in total. The smallest absolute Gasteiger partial charge is 0.123 e. The number of rotatable bonds is 7. The zero-order valence-electron chi connectivity index (χ0n) is 13.0. The van der Waals surface area contributed by atoms with Crippen molar-refractivity contribution in [3.8, 4) is 5.75 Å². The summed E-state index contributed by atoms with van der Waals surface area (Å²) in [6.45, 7) is 5.47. The van der Waals surface area contributed by atoms with Gasteiger partial charge in [-0.05, 0) is 49.2 Å². The maximum atomic E-state index is 12.8. The number of aliphatic hydroxyl groups excluding tert-OH is 1. The first-order chi connectivity index (χ1) is 10.5. The van der Waals surface area contributed by atoms with E-state index in [1.165, 1.54) is 28.8 Å². The van der Waals surface area contributed by atoms with Crippen molar-refractivity contribution in [3.05, 3.63) is 65.0 Å². The molecule has 2 rings (SSSR count). The van der Waals surface area contributed by atoms with Gasteiger partial charge in [-0.2, -0.15) is 0 Å². The molecule has 3 nitrogen and oxygen atoms in total. The van der Waals surface area contributed by atoms with E-state index >= 15 is 0 Å². The lowest BCUT2D eigenvalue weighted by molar-refractivity contribution is 0.106. The molecule has 118 valence electrons. The summed E-state index contributed by atoms with van der Waals surface area (Å²) in [6, 6.07) is 12.1. The van der Waals surface area contributed by atoms with Crippen LogP contribution in [-0.2, 0) is 6.54 Å². The monoisotopic (exact) mass is 303 g/mol. The Morgan fingerprint density at radius 1 is 1.14 bits per heavy atom. The van der Waals surface area contributed by atoms with Crippen molar-refractivity contribution in [2.24, 2.45) is 0 Å². The third kappa shape index (κ3) is 5.13. The predicted octanol–water partition coefficient (Wildman–Crippen LogP) is 2.97. The summed E-state index contributed by atoms with van der Waals surface area (Å²) in [5.74, 6) is 0.248. The average Bonchev–Trinajstić information content (AvgIpc) is 2.49. The van der Waals surface area contributed by atoms with Crippen molar-refractivity contribution in [1.29, 1.82) is 0 Å². The highest BCUT2D eigenvalue weighted by Gasteiger charge is 2.06. The van der Waals surface area contributed by atoms with Gasteiger partial charge in [-0.1, -0.05) is 23.8 Å². The number of hydrogen-bond acceptors (Lipinski definition) is 3. The normalized spacial score (nSPS) is 12.2. The number of halogens is 1. The number of aryl methyl sites for hydroxylation is 2. The minimum atomic E-state index is -0.615. The molecule has 4 heteroatoms. The molecule has 0 heterocycles. The first-order valence-corrected chi connectivity index (χ1v) is 7.38. The Morgan fingerprint density at radius 2 is 1.86 bits per heavy atom. The molecule has 0 saturated carbocycles. The molecule has 0 radical (unpaired) electrons. The molecule has 1 unspecified atom stereocenters. The van der Waals surface area contributed by atoms with E-state index < -0.39 is 6.10 Å². The molecule has 0 aliphatic heterocycles. The highest BCUT2D eigenvalue weighted by atomic mass is 19.1. The van der Waals surface area contributed by atoms with Crippen LogP contribution in [0.2, 0.25) is 0 Å². The second kappa shape index (κ2) is 7.92. The minimum absolute atomic E-state index is 0.172. The molecule has 0 saturated heterocycles. The number of hydrogen-bond donors (Lipinski definition) is 2. The number of aliphatic hydroxyl groups is 1. The Balaban J connectivity index is 1.71. The van der Waals surface area contributed by atoms with Gasteiger partial charge in [-0.15, -0.1) is 0 Å². The Morgan fingerprint density at radius 3 is 2.55 bits per heavy atom. The van der Waals surface area contributed by atoms with Crippen molar-refractivity contribution in [2.75, 3.05) is 13.2 Å². The Labute approximate surface area is 130 Å². The third-order valence-corrected chi connectivity index (χ3v) is 3.45. The zero-order valence-corrected chi connectivity index (χ0v) is 13.0. The molecule has 22 heavy (non-hydrogen) atoms. The summed E-state index contributed by atoms with van der Waals surface area (Å²) < 4.78 is 18.2. The maximum absolute atomic E-state index is 12.8. The van der Waals surface area contributed by atoms with Crippen LogP contribution in [0.1, 0.15) is 16.7 Å². The van der Waals surface area contributed by atoms with Crippen molar-refractivity contribution >= 4 is 0 Å². The van der Waals surface area contributed by atoms with E-state index in [-0.39, 0.29) is 12.4 Å². The van der Waals surface area contributed by atoms with Crippen molar-refractivity contribution < 1.29 is 14.2 Å². The standard InChI is InChI=1S/C18H22FNO2/c1-13-3-4-15(14(2)9-13)10-20-11-17(21)12-22-18-7-5-16(19)6-8-18/h3-9,17,20-21H,10-12H2,1-2H3. The van der Waals surface area contributed by atoms with Crippen LogP contribution in [0.3, 0.4) is 0 Å². The largest absolute Gasteiger partial charge is 0.491 e. The first kappa shape index (κ1) is 16.5. The van der Waals surface area contributed by atoms with Gasteiger partial charge in [0.05, 0.1) is 0 Å². The fourth-order valence-electron chi connectivity index (χ4n) is 2.20. The van der Waals surface area contributed by atoms with Crippen molar-refractivity contribution in [3.63, 3.8) is 0 Å². The quantitative estimate of drug-likeness (QED) is 0.826. The summed E-state index contributed by atoms with van der Waals surface area (Å²) >= 11 is 0. The van der Waals surface area contributed by atoms with E-state index in [4.69, 9.17) is 4.74 Å².